The summed E-state index contributed by atoms with van der Waals surface area (Å²) in [6, 6.07) is 10.9. The van der Waals surface area contributed by atoms with Gasteiger partial charge in [-0.3, -0.25) is 4.98 Å². The van der Waals surface area contributed by atoms with Gasteiger partial charge >= 0.3 is 0 Å². The molecule has 0 saturated carbocycles. The van der Waals surface area contributed by atoms with Gasteiger partial charge in [0.1, 0.15) is 4.90 Å². The molecule has 4 aromatic rings. The van der Waals surface area contributed by atoms with E-state index < -0.39 is 10.0 Å². The van der Waals surface area contributed by atoms with E-state index in [-0.39, 0.29) is 17.3 Å². The average Bonchev–Trinajstić information content (AvgIpc) is 3.38. The second kappa shape index (κ2) is 8.02. The highest BCUT2D eigenvalue weighted by molar-refractivity contribution is 7.89. The van der Waals surface area contributed by atoms with Crippen LogP contribution in [-0.4, -0.2) is 34.4 Å². The van der Waals surface area contributed by atoms with Crippen LogP contribution < -0.4 is 0 Å². The highest BCUT2D eigenvalue weighted by Crippen LogP contribution is 2.27. The number of aryl methyl sites for hydroxylation is 1. The van der Waals surface area contributed by atoms with Gasteiger partial charge in [0.05, 0.1) is 16.9 Å². The maximum absolute atomic E-state index is 13.5. The summed E-state index contributed by atoms with van der Waals surface area (Å²) in [4.78, 5) is 5.41. The molecule has 29 heavy (non-hydrogen) atoms. The number of para-hydroxylation sites is 1. The van der Waals surface area contributed by atoms with Crippen molar-refractivity contribution in [3.63, 3.8) is 0 Å². The van der Waals surface area contributed by atoms with Crippen LogP contribution in [0.4, 0.5) is 0 Å². The molecule has 0 N–H and O–H groups in total. The van der Waals surface area contributed by atoms with Gasteiger partial charge < -0.3 is 4.42 Å². The van der Waals surface area contributed by atoms with Gasteiger partial charge in [-0.25, -0.2) is 8.42 Å². The lowest BCUT2D eigenvalue weighted by atomic mass is 10.2. The lowest BCUT2D eigenvalue weighted by Gasteiger charge is -2.20. The van der Waals surface area contributed by atoms with E-state index >= 15 is 0 Å². The van der Waals surface area contributed by atoms with Crippen molar-refractivity contribution in [2.75, 3.05) is 6.54 Å². The number of hydrogen-bond donors (Lipinski definition) is 0. The van der Waals surface area contributed by atoms with Gasteiger partial charge in [-0.1, -0.05) is 25.1 Å². The lowest BCUT2D eigenvalue weighted by Crippen LogP contribution is -2.31. The third-order valence-electron chi connectivity index (χ3n) is 4.41. The first-order valence-electron chi connectivity index (χ1n) is 9.21. The SMILES string of the molecule is CCCN(Cc1nnc(-c2cccs2)o1)S(=O)(=O)c1cccc2cc(C)cnc12. The Morgan fingerprint density at radius 1 is 1.17 bits per heavy atom. The van der Waals surface area contributed by atoms with Crippen molar-refractivity contribution in [2.45, 2.75) is 31.7 Å². The van der Waals surface area contributed by atoms with E-state index in [9.17, 15) is 8.42 Å². The zero-order valence-corrected chi connectivity index (χ0v) is 17.7. The molecule has 1 aromatic carbocycles. The van der Waals surface area contributed by atoms with Gasteiger partial charge in [-0.2, -0.15) is 4.31 Å². The van der Waals surface area contributed by atoms with Gasteiger partial charge in [0.2, 0.25) is 15.9 Å². The normalized spacial score (nSPS) is 12.1. The molecule has 0 atom stereocenters. The molecular formula is C20H20N4O3S2. The number of rotatable bonds is 7. The van der Waals surface area contributed by atoms with Crippen molar-refractivity contribution >= 4 is 32.3 Å². The fourth-order valence-corrected chi connectivity index (χ4v) is 5.38. The molecule has 0 spiro atoms. The number of pyridine rings is 1. The number of fused-ring (bicyclic) bond motifs is 1. The van der Waals surface area contributed by atoms with Crippen molar-refractivity contribution in [3.05, 3.63) is 59.4 Å². The molecule has 4 rings (SSSR count). The molecule has 3 aromatic heterocycles. The Kier molecular flexibility index (Phi) is 5.44. The van der Waals surface area contributed by atoms with Crippen molar-refractivity contribution in [1.82, 2.24) is 19.5 Å². The van der Waals surface area contributed by atoms with E-state index in [2.05, 4.69) is 15.2 Å². The number of thiophene rings is 1. The quantitative estimate of drug-likeness (QED) is 0.437. The molecule has 0 bridgehead atoms. The molecule has 0 amide bonds. The monoisotopic (exact) mass is 428 g/mol. The highest BCUT2D eigenvalue weighted by Gasteiger charge is 2.28. The van der Waals surface area contributed by atoms with Crippen LogP contribution in [0, 0.1) is 6.92 Å². The summed E-state index contributed by atoms with van der Waals surface area (Å²) in [5.41, 5.74) is 1.44. The summed E-state index contributed by atoms with van der Waals surface area (Å²) in [7, 11) is -3.80. The predicted molar refractivity (Wildman–Crippen MR) is 112 cm³/mol. The third kappa shape index (κ3) is 3.93. The minimum absolute atomic E-state index is 0.0107. The van der Waals surface area contributed by atoms with E-state index in [1.807, 2.05) is 43.5 Å². The molecule has 0 aliphatic carbocycles. The maximum Gasteiger partial charge on any atom is 0.257 e. The fraction of sp³-hybridized carbons (Fsp3) is 0.250. The Morgan fingerprint density at radius 2 is 2.03 bits per heavy atom. The van der Waals surface area contributed by atoms with E-state index in [1.54, 1.807) is 18.3 Å². The Morgan fingerprint density at radius 3 is 2.79 bits per heavy atom. The second-order valence-electron chi connectivity index (χ2n) is 6.66. The minimum atomic E-state index is -3.80. The molecular weight excluding hydrogens is 408 g/mol. The van der Waals surface area contributed by atoms with Gasteiger partial charge in [-0.15, -0.1) is 21.5 Å². The Labute approximate surface area is 173 Å². The van der Waals surface area contributed by atoms with Crippen molar-refractivity contribution in [1.29, 1.82) is 0 Å². The molecule has 0 aliphatic heterocycles. The molecule has 0 saturated heterocycles. The molecule has 0 radical (unpaired) electrons. The van der Waals surface area contributed by atoms with E-state index in [1.165, 1.54) is 15.6 Å². The average molecular weight is 429 g/mol. The van der Waals surface area contributed by atoms with Crippen LogP contribution in [0.1, 0.15) is 24.8 Å². The third-order valence-corrected chi connectivity index (χ3v) is 7.15. The zero-order chi connectivity index (χ0) is 20.4. The Hall–Kier alpha value is -2.62. The molecule has 0 aliphatic rings. The van der Waals surface area contributed by atoms with Crippen molar-refractivity contribution in [3.8, 4) is 10.8 Å². The van der Waals surface area contributed by atoms with Crippen LogP contribution in [-0.2, 0) is 16.6 Å². The molecule has 3 heterocycles. The Balaban J connectivity index is 1.69. The molecule has 7 nitrogen and oxygen atoms in total. The van der Waals surface area contributed by atoms with Crippen LogP contribution in [0.25, 0.3) is 21.7 Å². The number of sulfonamides is 1. The summed E-state index contributed by atoms with van der Waals surface area (Å²) >= 11 is 1.49. The predicted octanol–water partition coefficient (Wildman–Crippen LogP) is 4.26. The zero-order valence-electron chi connectivity index (χ0n) is 16.1. The minimum Gasteiger partial charge on any atom is -0.418 e. The summed E-state index contributed by atoms with van der Waals surface area (Å²) < 4.78 is 34.0. The highest BCUT2D eigenvalue weighted by atomic mass is 32.2. The van der Waals surface area contributed by atoms with Crippen LogP contribution in [0.5, 0.6) is 0 Å². The summed E-state index contributed by atoms with van der Waals surface area (Å²) in [6.45, 7) is 4.20. The van der Waals surface area contributed by atoms with Crippen LogP contribution >= 0.6 is 11.3 Å². The van der Waals surface area contributed by atoms with Crippen molar-refractivity contribution < 1.29 is 12.8 Å². The number of benzene rings is 1. The molecule has 0 unspecified atom stereocenters. The first-order valence-corrected chi connectivity index (χ1v) is 11.5. The summed E-state index contributed by atoms with van der Waals surface area (Å²) in [5.74, 6) is 0.653. The first-order chi connectivity index (χ1) is 14.0. The summed E-state index contributed by atoms with van der Waals surface area (Å²) in [6.07, 6.45) is 2.33. The van der Waals surface area contributed by atoms with E-state index in [4.69, 9.17) is 4.42 Å². The van der Waals surface area contributed by atoms with E-state index in [0.717, 1.165) is 15.8 Å². The number of nitrogens with zero attached hydrogens (tertiary/aromatic N) is 4. The maximum atomic E-state index is 13.5. The van der Waals surface area contributed by atoms with Gasteiger partial charge in [0.15, 0.2) is 0 Å². The van der Waals surface area contributed by atoms with E-state index in [0.29, 0.717) is 24.4 Å². The van der Waals surface area contributed by atoms with Crippen LogP contribution in [0.15, 0.2) is 57.3 Å². The van der Waals surface area contributed by atoms with Gasteiger partial charge in [-0.05, 0) is 42.5 Å². The van der Waals surface area contributed by atoms with Crippen LogP contribution in [0.3, 0.4) is 0 Å². The second-order valence-corrected chi connectivity index (χ2v) is 9.51. The topological polar surface area (TPSA) is 89.2 Å². The molecule has 0 fully saturated rings. The number of aromatic nitrogens is 3. The van der Waals surface area contributed by atoms with Crippen LogP contribution in [0.2, 0.25) is 0 Å². The Bertz CT molecular complexity index is 1230. The summed E-state index contributed by atoms with van der Waals surface area (Å²) in [5, 5.41) is 10.8. The van der Waals surface area contributed by atoms with Crippen molar-refractivity contribution in [2.24, 2.45) is 0 Å². The lowest BCUT2D eigenvalue weighted by molar-refractivity contribution is 0.358. The van der Waals surface area contributed by atoms with Gasteiger partial charge in [0.25, 0.3) is 5.89 Å². The largest absolute Gasteiger partial charge is 0.418 e. The first kappa shape index (κ1) is 19.7. The van der Waals surface area contributed by atoms with Gasteiger partial charge in [0, 0.05) is 18.1 Å². The fourth-order valence-electron chi connectivity index (χ4n) is 3.09. The standard InChI is InChI=1S/C20H20N4O3S2/c1-3-9-24(13-18-22-23-20(27-18)16-7-5-10-28-16)29(25,26)17-8-4-6-15-11-14(2)12-21-19(15)17/h4-8,10-12H,3,9,13H2,1-2H3. The molecule has 9 heteroatoms. The smallest absolute Gasteiger partial charge is 0.257 e. The molecule has 150 valence electrons. The number of hydrogen-bond acceptors (Lipinski definition) is 7.